The predicted molar refractivity (Wildman–Crippen MR) is 116 cm³/mol. The summed E-state index contributed by atoms with van der Waals surface area (Å²) in [7, 11) is 2.01. The van der Waals surface area contributed by atoms with Gasteiger partial charge < -0.3 is 20.9 Å². The van der Waals surface area contributed by atoms with E-state index in [-0.39, 0.29) is 18.0 Å². The van der Waals surface area contributed by atoms with Gasteiger partial charge in [0, 0.05) is 19.3 Å². The van der Waals surface area contributed by atoms with E-state index < -0.39 is 0 Å². The Morgan fingerprint density at radius 2 is 2.07 bits per heavy atom. The van der Waals surface area contributed by atoms with Gasteiger partial charge in [0.15, 0.2) is 0 Å². The normalized spacial score (nSPS) is 15.6. The fraction of sp³-hybridized carbons (Fsp3) is 0.190. The molecule has 0 radical (unpaired) electrons. The molecule has 0 saturated carbocycles. The summed E-state index contributed by atoms with van der Waals surface area (Å²) in [5.74, 6) is -0.296. The molecule has 1 aliphatic heterocycles. The summed E-state index contributed by atoms with van der Waals surface area (Å²) >= 11 is 1.55. The Hall–Kier alpha value is -2.93. The largest absolute Gasteiger partial charge is 0.360 e. The van der Waals surface area contributed by atoms with Crippen LogP contribution in [0.4, 0.5) is 26.2 Å². The molecule has 1 atom stereocenters. The van der Waals surface area contributed by atoms with Crippen molar-refractivity contribution in [2.24, 2.45) is 0 Å². The number of fused-ring (bicyclic) bond motifs is 1. The number of hydrogen-bond acceptors (Lipinski definition) is 4. The number of benzene rings is 2. The molecule has 3 N–H and O–H groups in total. The number of anilines is 3. The zero-order chi connectivity index (χ0) is 20.1. The molecule has 28 heavy (non-hydrogen) atoms. The Balaban J connectivity index is 1.61. The lowest BCUT2D eigenvalue weighted by molar-refractivity contribution is 0.251. The van der Waals surface area contributed by atoms with Crippen molar-refractivity contribution in [2.75, 3.05) is 22.6 Å². The summed E-state index contributed by atoms with van der Waals surface area (Å²) in [6.45, 7) is 6.11. The van der Waals surface area contributed by atoms with Crippen LogP contribution in [0.1, 0.15) is 12.5 Å². The molecule has 0 spiro atoms. The molecule has 1 aliphatic rings. The fourth-order valence-corrected chi connectivity index (χ4v) is 3.45. The highest BCUT2D eigenvalue weighted by molar-refractivity contribution is 8.04. The standard InChI is InChI=1S/C21H23FN4OS/c1-4-28-13-14(2)20-25-18-10-9-17(11-19(18)26(20)3)24-21(27)23-12-15-5-7-16(22)8-6-15/h4-11,13,20,25H,1,12H2,2-3H3,(H2,23,24,27)/b14-13+. The van der Waals surface area contributed by atoms with Gasteiger partial charge in [-0.1, -0.05) is 18.7 Å². The molecule has 0 aliphatic carbocycles. The Kier molecular flexibility index (Phi) is 6.26. The minimum atomic E-state index is -0.312. The topological polar surface area (TPSA) is 56.4 Å². The van der Waals surface area contributed by atoms with Crippen molar-refractivity contribution in [3.63, 3.8) is 0 Å². The van der Waals surface area contributed by atoms with Crippen LogP contribution in [-0.4, -0.2) is 19.2 Å². The van der Waals surface area contributed by atoms with Gasteiger partial charge in [0.2, 0.25) is 0 Å². The van der Waals surface area contributed by atoms with Crippen LogP contribution in [-0.2, 0) is 6.54 Å². The highest BCUT2D eigenvalue weighted by Gasteiger charge is 2.27. The van der Waals surface area contributed by atoms with Crippen molar-refractivity contribution >= 4 is 34.9 Å². The second-order valence-electron chi connectivity index (χ2n) is 6.49. The number of halogens is 1. The monoisotopic (exact) mass is 398 g/mol. The third-order valence-corrected chi connectivity index (χ3v) is 5.16. The lowest BCUT2D eigenvalue weighted by Gasteiger charge is -2.23. The molecule has 7 heteroatoms. The average Bonchev–Trinajstić information content (AvgIpc) is 3.02. The second-order valence-corrected chi connectivity index (χ2v) is 7.33. The minimum Gasteiger partial charge on any atom is -0.360 e. The summed E-state index contributed by atoms with van der Waals surface area (Å²) in [4.78, 5) is 14.3. The van der Waals surface area contributed by atoms with E-state index in [1.807, 2.05) is 25.2 Å². The number of carbonyl (C=O) groups excluding carboxylic acids is 1. The zero-order valence-electron chi connectivity index (χ0n) is 15.8. The first-order chi connectivity index (χ1) is 13.5. The van der Waals surface area contributed by atoms with Crippen molar-refractivity contribution in [3.05, 3.63) is 76.8 Å². The number of hydrogen-bond donors (Lipinski definition) is 3. The minimum absolute atomic E-state index is 0.0602. The second kappa shape index (κ2) is 8.84. The van der Waals surface area contributed by atoms with E-state index in [9.17, 15) is 9.18 Å². The molecule has 0 saturated heterocycles. The molecule has 0 aromatic heterocycles. The van der Waals surface area contributed by atoms with E-state index in [2.05, 4.69) is 39.8 Å². The van der Waals surface area contributed by atoms with Gasteiger partial charge in [-0.15, -0.1) is 11.8 Å². The molecule has 2 aromatic carbocycles. The Bertz CT molecular complexity index is 898. The van der Waals surface area contributed by atoms with Crippen LogP contribution in [0.5, 0.6) is 0 Å². The first kappa shape index (κ1) is 19.8. The number of carbonyl (C=O) groups is 1. The van der Waals surface area contributed by atoms with Crippen molar-refractivity contribution in [1.29, 1.82) is 0 Å². The summed E-state index contributed by atoms with van der Waals surface area (Å²) in [5, 5.41) is 12.9. The van der Waals surface area contributed by atoms with Crippen molar-refractivity contribution in [1.82, 2.24) is 5.32 Å². The highest BCUT2D eigenvalue weighted by atomic mass is 32.2. The maximum atomic E-state index is 12.9. The van der Waals surface area contributed by atoms with Gasteiger partial charge in [-0.25, -0.2) is 9.18 Å². The summed E-state index contributed by atoms with van der Waals surface area (Å²) in [5.41, 5.74) is 4.73. The van der Waals surface area contributed by atoms with Crippen LogP contribution in [0.25, 0.3) is 0 Å². The van der Waals surface area contributed by atoms with E-state index in [1.54, 1.807) is 29.3 Å². The summed E-state index contributed by atoms with van der Waals surface area (Å²) in [6, 6.07) is 11.5. The van der Waals surface area contributed by atoms with Crippen LogP contribution in [0.15, 0.2) is 65.4 Å². The molecule has 146 valence electrons. The molecule has 2 amide bonds. The molecular weight excluding hydrogens is 375 g/mol. The summed E-state index contributed by atoms with van der Waals surface area (Å²) in [6.07, 6.45) is 0.0602. The summed E-state index contributed by atoms with van der Waals surface area (Å²) < 4.78 is 12.9. The Morgan fingerprint density at radius 3 is 2.79 bits per heavy atom. The van der Waals surface area contributed by atoms with E-state index in [4.69, 9.17) is 0 Å². The van der Waals surface area contributed by atoms with Crippen LogP contribution < -0.4 is 20.9 Å². The number of urea groups is 1. The highest BCUT2D eigenvalue weighted by Crippen LogP contribution is 2.37. The molecule has 0 fully saturated rings. The molecule has 2 aromatic rings. The number of rotatable bonds is 6. The van der Waals surface area contributed by atoms with E-state index in [0.29, 0.717) is 12.2 Å². The first-order valence-electron chi connectivity index (χ1n) is 8.83. The van der Waals surface area contributed by atoms with Gasteiger partial charge in [-0.2, -0.15) is 0 Å². The maximum absolute atomic E-state index is 12.9. The first-order valence-corrected chi connectivity index (χ1v) is 9.78. The third-order valence-electron chi connectivity index (χ3n) is 4.46. The van der Waals surface area contributed by atoms with Gasteiger partial charge in [-0.3, -0.25) is 0 Å². The molecule has 1 unspecified atom stereocenters. The lowest BCUT2D eigenvalue weighted by atomic mass is 10.2. The van der Waals surface area contributed by atoms with Gasteiger partial charge in [0.1, 0.15) is 12.0 Å². The fourth-order valence-electron chi connectivity index (χ4n) is 3.01. The van der Waals surface area contributed by atoms with Crippen LogP contribution >= 0.6 is 11.8 Å². The van der Waals surface area contributed by atoms with Crippen LogP contribution in [0, 0.1) is 5.82 Å². The SMILES string of the molecule is C=CS/C=C(\C)C1Nc2ccc(NC(=O)NCc3ccc(F)cc3)cc2N1C. The van der Waals surface area contributed by atoms with Gasteiger partial charge >= 0.3 is 6.03 Å². The van der Waals surface area contributed by atoms with Crippen LogP contribution in [0.3, 0.4) is 0 Å². The van der Waals surface area contributed by atoms with Crippen molar-refractivity contribution < 1.29 is 9.18 Å². The van der Waals surface area contributed by atoms with E-state index in [0.717, 1.165) is 16.9 Å². The van der Waals surface area contributed by atoms with E-state index in [1.165, 1.54) is 17.7 Å². The maximum Gasteiger partial charge on any atom is 0.319 e. The molecule has 0 bridgehead atoms. The van der Waals surface area contributed by atoms with Gasteiger partial charge in [-0.05, 0) is 59.2 Å². The van der Waals surface area contributed by atoms with Gasteiger partial charge in [0.25, 0.3) is 0 Å². The molecular formula is C21H23FN4OS. The molecule has 5 nitrogen and oxygen atoms in total. The number of amides is 2. The third kappa shape index (κ3) is 4.67. The molecule has 1 heterocycles. The Morgan fingerprint density at radius 1 is 1.32 bits per heavy atom. The molecule has 3 rings (SSSR count). The Labute approximate surface area is 168 Å². The zero-order valence-corrected chi connectivity index (χ0v) is 16.6. The van der Waals surface area contributed by atoms with E-state index >= 15 is 0 Å². The van der Waals surface area contributed by atoms with Crippen molar-refractivity contribution in [3.8, 4) is 0 Å². The number of thioether (sulfide) groups is 1. The average molecular weight is 399 g/mol. The smallest absolute Gasteiger partial charge is 0.319 e. The number of likely N-dealkylation sites (N-methyl/N-ethyl adjacent to an activating group) is 1. The van der Waals surface area contributed by atoms with Crippen LogP contribution in [0.2, 0.25) is 0 Å². The lowest BCUT2D eigenvalue weighted by Crippen LogP contribution is -2.33. The quantitative estimate of drug-likeness (QED) is 0.632. The number of nitrogens with one attached hydrogen (secondary N) is 3. The van der Waals surface area contributed by atoms with Gasteiger partial charge in [0.05, 0.1) is 11.4 Å². The predicted octanol–water partition coefficient (Wildman–Crippen LogP) is 5.12. The van der Waals surface area contributed by atoms with Crippen molar-refractivity contribution in [2.45, 2.75) is 19.6 Å². The number of nitrogens with zero attached hydrogens (tertiary/aromatic N) is 1.